The molecule has 0 saturated carbocycles. The minimum atomic E-state index is -4.76. The lowest BCUT2D eigenvalue weighted by molar-refractivity contribution is -0.138. The Hall–Kier alpha value is -3.25. The van der Waals surface area contributed by atoms with E-state index in [0.717, 1.165) is 12.1 Å². The predicted octanol–water partition coefficient (Wildman–Crippen LogP) is 3.70. The number of fused-ring (bicyclic) bond motifs is 2. The smallest absolute Gasteiger partial charge is 0.416 e. The van der Waals surface area contributed by atoms with Gasteiger partial charge in [0.25, 0.3) is 0 Å². The van der Waals surface area contributed by atoms with Crippen molar-refractivity contribution in [1.82, 2.24) is 25.2 Å². The summed E-state index contributed by atoms with van der Waals surface area (Å²) in [6.07, 6.45) is -5.61. The van der Waals surface area contributed by atoms with Crippen LogP contribution in [-0.2, 0) is 17.5 Å². The van der Waals surface area contributed by atoms with Crippen LogP contribution in [0.15, 0.2) is 36.4 Å². The molecule has 0 bridgehead atoms. The van der Waals surface area contributed by atoms with Crippen LogP contribution in [-0.4, -0.2) is 62.6 Å². The van der Waals surface area contributed by atoms with Gasteiger partial charge in [-0.3, -0.25) is 4.90 Å². The fourth-order valence-electron chi connectivity index (χ4n) is 4.97. The largest absolute Gasteiger partial charge is 0.445 e. The van der Waals surface area contributed by atoms with Gasteiger partial charge in [0.05, 0.1) is 5.56 Å². The van der Waals surface area contributed by atoms with E-state index in [9.17, 15) is 27.5 Å². The van der Waals surface area contributed by atoms with Crippen LogP contribution >= 0.6 is 0 Å². The van der Waals surface area contributed by atoms with Gasteiger partial charge in [-0.25, -0.2) is 9.18 Å². The molecule has 1 unspecified atom stereocenters. The highest BCUT2D eigenvalue weighted by Gasteiger charge is 2.41. The van der Waals surface area contributed by atoms with E-state index in [-0.39, 0.29) is 17.4 Å². The molecule has 186 valence electrons. The maximum absolute atomic E-state index is 13.3. The number of carbonyl (C=O) groups is 1. The molecule has 12 heteroatoms. The average molecular weight is 493 g/mol. The number of piperidine rings is 1. The number of rotatable bonds is 4. The third kappa shape index (κ3) is 4.80. The standard InChI is InChI=1S/C23H23F4N5O3/c24-17-3-1-15(18(8-17)23(25,26)27)12-35-22(34)31-6-5-14-9-32(11-16(14)10-31)21(33)13-2-4-19-20(7-13)29-30-28-19/h1-4,7-8,14,16,21,33H,5-6,9-12H2,(H,28,29,30)/t14-,16-,21?/m1/s1. The molecule has 0 aliphatic carbocycles. The van der Waals surface area contributed by atoms with E-state index in [1.54, 1.807) is 18.2 Å². The molecule has 2 fully saturated rings. The van der Waals surface area contributed by atoms with Crippen LogP contribution in [0.2, 0.25) is 0 Å². The number of aromatic amines is 1. The quantitative estimate of drug-likeness (QED) is 0.539. The second-order valence-corrected chi connectivity index (χ2v) is 9.01. The number of nitrogens with one attached hydrogen (secondary N) is 1. The highest BCUT2D eigenvalue weighted by molar-refractivity contribution is 5.74. The first kappa shape index (κ1) is 23.5. The molecular formula is C23H23F4N5O3. The molecular weight excluding hydrogens is 470 g/mol. The van der Waals surface area contributed by atoms with E-state index < -0.39 is 36.5 Å². The van der Waals surface area contributed by atoms with Crippen molar-refractivity contribution in [2.45, 2.75) is 25.4 Å². The molecule has 1 amide bonds. The van der Waals surface area contributed by atoms with Gasteiger partial charge in [0.2, 0.25) is 0 Å². The second kappa shape index (κ2) is 9.08. The third-order valence-electron chi connectivity index (χ3n) is 6.80. The molecule has 3 aromatic rings. The lowest BCUT2D eigenvalue weighted by Crippen LogP contribution is -2.43. The first-order chi connectivity index (χ1) is 16.7. The number of aromatic nitrogens is 3. The van der Waals surface area contributed by atoms with Gasteiger partial charge in [-0.2, -0.15) is 28.6 Å². The molecule has 2 aromatic carbocycles. The van der Waals surface area contributed by atoms with Gasteiger partial charge in [0.15, 0.2) is 0 Å². The molecule has 8 nitrogen and oxygen atoms in total. The zero-order chi connectivity index (χ0) is 24.7. The van der Waals surface area contributed by atoms with Crippen LogP contribution in [0.1, 0.15) is 29.3 Å². The summed E-state index contributed by atoms with van der Waals surface area (Å²) in [5, 5.41) is 21.5. The Labute approximate surface area is 197 Å². The fourth-order valence-corrected chi connectivity index (χ4v) is 4.97. The number of aliphatic hydroxyl groups is 1. The molecule has 2 N–H and O–H groups in total. The zero-order valence-corrected chi connectivity index (χ0v) is 18.5. The molecule has 1 aromatic heterocycles. The SMILES string of the molecule is O=C(OCc1ccc(F)cc1C(F)(F)F)N1CC[C@@H]2CN(C(O)c3ccc4n[nH]nc4c3)C[C@H]2C1. The molecule has 2 aliphatic heterocycles. The first-order valence-corrected chi connectivity index (χ1v) is 11.2. The molecule has 3 atom stereocenters. The monoisotopic (exact) mass is 493 g/mol. The van der Waals surface area contributed by atoms with E-state index in [4.69, 9.17) is 4.74 Å². The third-order valence-corrected chi connectivity index (χ3v) is 6.80. The van der Waals surface area contributed by atoms with E-state index in [2.05, 4.69) is 15.4 Å². The van der Waals surface area contributed by atoms with Gasteiger partial charge in [-0.1, -0.05) is 12.1 Å². The predicted molar refractivity (Wildman–Crippen MR) is 115 cm³/mol. The molecule has 0 spiro atoms. The Morgan fingerprint density at radius 1 is 1.11 bits per heavy atom. The topological polar surface area (TPSA) is 94.6 Å². The summed E-state index contributed by atoms with van der Waals surface area (Å²) in [6.45, 7) is 1.40. The average Bonchev–Trinajstić information content (AvgIpc) is 3.47. The Morgan fingerprint density at radius 3 is 2.69 bits per heavy atom. The minimum Gasteiger partial charge on any atom is -0.445 e. The number of halogens is 4. The maximum atomic E-state index is 13.3. The van der Waals surface area contributed by atoms with Crippen LogP contribution in [0.3, 0.4) is 0 Å². The molecule has 3 heterocycles. The Morgan fingerprint density at radius 2 is 1.89 bits per heavy atom. The van der Waals surface area contributed by atoms with Crippen LogP contribution in [0, 0.1) is 17.7 Å². The highest BCUT2D eigenvalue weighted by Crippen LogP contribution is 2.36. The number of amides is 1. The molecule has 5 rings (SSSR count). The van der Waals surface area contributed by atoms with Crippen LogP contribution in [0.5, 0.6) is 0 Å². The highest BCUT2D eigenvalue weighted by atomic mass is 19.4. The summed E-state index contributed by atoms with van der Waals surface area (Å²) in [5.74, 6) is -0.639. The lowest BCUT2D eigenvalue weighted by atomic mass is 9.89. The van der Waals surface area contributed by atoms with Crippen LogP contribution < -0.4 is 0 Å². The van der Waals surface area contributed by atoms with Gasteiger partial charge >= 0.3 is 12.3 Å². The molecule has 2 saturated heterocycles. The van der Waals surface area contributed by atoms with Gasteiger partial charge < -0.3 is 14.7 Å². The first-order valence-electron chi connectivity index (χ1n) is 11.2. The van der Waals surface area contributed by atoms with Crippen molar-refractivity contribution < 1.29 is 32.2 Å². The molecule has 2 aliphatic rings. The van der Waals surface area contributed by atoms with Crippen molar-refractivity contribution in [1.29, 1.82) is 0 Å². The van der Waals surface area contributed by atoms with Gasteiger partial charge in [-0.15, -0.1) is 0 Å². The number of hydrogen-bond donors (Lipinski definition) is 2. The summed E-state index contributed by atoms with van der Waals surface area (Å²) in [6, 6.07) is 7.63. The van der Waals surface area contributed by atoms with Crippen molar-refractivity contribution in [3.8, 4) is 0 Å². The second-order valence-electron chi connectivity index (χ2n) is 9.01. The van der Waals surface area contributed by atoms with Crippen molar-refractivity contribution in [3.05, 3.63) is 58.9 Å². The fraction of sp³-hybridized carbons (Fsp3) is 0.435. The van der Waals surface area contributed by atoms with Crippen molar-refractivity contribution in [2.75, 3.05) is 26.2 Å². The van der Waals surface area contributed by atoms with Gasteiger partial charge in [0, 0.05) is 31.7 Å². The van der Waals surface area contributed by atoms with Crippen molar-refractivity contribution in [3.63, 3.8) is 0 Å². The van der Waals surface area contributed by atoms with E-state index in [1.165, 1.54) is 4.90 Å². The summed E-state index contributed by atoms with van der Waals surface area (Å²) in [5.41, 5.74) is 0.589. The number of carbonyl (C=O) groups excluding carboxylic acids is 1. The summed E-state index contributed by atoms with van der Waals surface area (Å²) in [7, 11) is 0. The summed E-state index contributed by atoms with van der Waals surface area (Å²) in [4.78, 5) is 16.0. The number of aliphatic hydroxyl groups excluding tert-OH is 1. The normalized spacial score (nSPS) is 21.8. The lowest BCUT2D eigenvalue weighted by Gasteiger charge is -2.33. The molecule has 0 radical (unpaired) electrons. The number of nitrogens with zero attached hydrogens (tertiary/aromatic N) is 4. The molecule has 35 heavy (non-hydrogen) atoms. The Bertz CT molecular complexity index is 1230. The number of likely N-dealkylation sites (tertiary alicyclic amines) is 2. The van der Waals surface area contributed by atoms with Crippen LogP contribution in [0.25, 0.3) is 11.0 Å². The van der Waals surface area contributed by atoms with E-state index in [0.29, 0.717) is 55.3 Å². The minimum absolute atomic E-state index is 0.0956. The van der Waals surface area contributed by atoms with Crippen molar-refractivity contribution in [2.24, 2.45) is 11.8 Å². The summed E-state index contributed by atoms with van der Waals surface area (Å²) >= 11 is 0. The van der Waals surface area contributed by atoms with Crippen molar-refractivity contribution >= 4 is 17.1 Å². The number of alkyl halides is 3. The summed E-state index contributed by atoms with van der Waals surface area (Å²) < 4.78 is 58.0. The zero-order valence-electron chi connectivity index (χ0n) is 18.5. The maximum Gasteiger partial charge on any atom is 0.416 e. The number of hydrogen-bond acceptors (Lipinski definition) is 6. The van der Waals surface area contributed by atoms with Crippen LogP contribution in [0.4, 0.5) is 22.4 Å². The van der Waals surface area contributed by atoms with Gasteiger partial charge in [0.1, 0.15) is 29.7 Å². The number of ether oxygens (including phenoxy) is 1. The Kier molecular flexibility index (Phi) is 6.09. The van der Waals surface area contributed by atoms with E-state index >= 15 is 0 Å². The Balaban J connectivity index is 1.19. The number of H-pyrrole nitrogens is 1. The van der Waals surface area contributed by atoms with E-state index in [1.807, 2.05) is 4.90 Å². The number of benzene rings is 2. The van der Waals surface area contributed by atoms with Gasteiger partial charge in [-0.05, 0) is 48.1 Å².